The van der Waals surface area contributed by atoms with E-state index in [0.717, 1.165) is 36.4 Å². The van der Waals surface area contributed by atoms with Crippen molar-refractivity contribution < 1.29 is 9.90 Å². The smallest absolute Gasteiger partial charge is 0.263 e. The molecule has 3 nitrogen and oxygen atoms in total. The average molecular weight is 311 g/mol. The van der Waals surface area contributed by atoms with Crippen LogP contribution in [-0.4, -0.2) is 40.4 Å². The maximum Gasteiger partial charge on any atom is 0.263 e. The number of carbonyl (C=O) groups is 1. The summed E-state index contributed by atoms with van der Waals surface area (Å²) < 4.78 is 0. The van der Waals surface area contributed by atoms with Gasteiger partial charge in [0.15, 0.2) is 0 Å². The summed E-state index contributed by atoms with van der Waals surface area (Å²) in [5, 5.41) is 10.1. The van der Waals surface area contributed by atoms with Crippen LogP contribution in [0.2, 0.25) is 0 Å². The molecular weight excluding hydrogens is 290 g/mol. The number of aliphatic hydroxyl groups is 1. The highest BCUT2D eigenvalue weighted by Crippen LogP contribution is 2.33. The number of nitrogens with zero attached hydrogens (tertiary/aromatic N) is 1. The summed E-state index contributed by atoms with van der Waals surface area (Å²) in [6.07, 6.45) is 3.46. The first-order chi connectivity index (χ1) is 9.55. The average Bonchev–Trinajstić information content (AvgIpc) is 2.77. The second-order valence-electron chi connectivity index (χ2n) is 6.00. The highest BCUT2D eigenvalue weighted by atomic mass is 32.2. The van der Waals surface area contributed by atoms with Crippen LogP contribution < -0.4 is 0 Å². The molecule has 3 rings (SSSR count). The fourth-order valence-electron chi connectivity index (χ4n) is 2.87. The number of hydrogen-bond acceptors (Lipinski definition) is 4. The molecule has 1 N–H and O–H groups in total. The molecule has 0 saturated carbocycles. The molecule has 0 spiro atoms. The van der Waals surface area contributed by atoms with Crippen molar-refractivity contribution in [3.05, 3.63) is 21.4 Å². The summed E-state index contributed by atoms with van der Waals surface area (Å²) >= 11 is 3.63. The number of hydrogen-bond donors (Lipinski definition) is 1. The first-order valence-corrected chi connectivity index (χ1v) is 9.23. The van der Waals surface area contributed by atoms with Crippen LogP contribution in [0.4, 0.5) is 0 Å². The molecule has 0 aliphatic carbocycles. The zero-order valence-corrected chi connectivity index (χ0v) is 13.5. The number of carbonyl (C=O) groups excluding carboxylic acids is 1. The summed E-state index contributed by atoms with van der Waals surface area (Å²) in [4.78, 5) is 16.8. The highest BCUT2D eigenvalue weighted by molar-refractivity contribution is 7.98. The van der Waals surface area contributed by atoms with Crippen LogP contribution in [-0.2, 0) is 12.2 Å². The van der Waals surface area contributed by atoms with E-state index in [0.29, 0.717) is 13.0 Å². The molecule has 2 aliphatic rings. The van der Waals surface area contributed by atoms with Gasteiger partial charge in [0.1, 0.15) is 0 Å². The van der Waals surface area contributed by atoms with Crippen molar-refractivity contribution in [1.82, 2.24) is 4.90 Å². The zero-order chi connectivity index (χ0) is 14.2. The normalized spacial score (nSPS) is 27.0. The van der Waals surface area contributed by atoms with E-state index in [-0.39, 0.29) is 5.91 Å². The minimum atomic E-state index is -0.611. The fourth-order valence-corrected chi connectivity index (χ4v) is 5.22. The Kier molecular flexibility index (Phi) is 4.11. The first-order valence-electron chi connectivity index (χ1n) is 7.26. The lowest BCUT2D eigenvalue weighted by Gasteiger charge is -2.22. The number of aryl methyl sites for hydroxylation is 1. The lowest BCUT2D eigenvalue weighted by Crippen LogP contribution is -2.33. The second kappa shape index (κ2) is 5.70. The number of likely N-dealkylation sites (tertiary alicyclic amines) is 1. The van der Waals surface area contributed by atoms with Gasteiger partial charge in [0, 0.05) is 23.7 Å². The third-order valence-corrected chi connectivity index (χ3v) is 6.42. The van der Waals surface area contributed by atoms with E-state index >= 15 is 0 Å². The van der Waals surface area contributed by atoms with Crippen LogP contribution in [0.3, 0.4) is 0 Å². The van der Waals surface area contributed by atoms with Gasteiger partial charge in [-0.25, -0.2) is 0 Å². The van der Waals surface area contributed by atoms with Crippen molar-refractivity contribution in [2.24, 2.45) is 0 Å². The van der Waals surface area contributed by atoms with Crippen molar-refractivity contribution in [2.75, 3.05) is 18.8 Å². The van der Waals surface area contributed by atoms with Crippen molar-refractivity contribution in [2.45, 2.75) is 44.0 Å². The van der Waals surface area contributed by atoms with Gasteiger partial charge in [0.05, 0.1) is 10.5 Å². The quantitative estimate of drug-likeness (QED) is 0.867. The molecule has 1 aromatic heterocycles. The van der Waals surface area contributed by atoms with Gasteiger partial charge in [-0.05, 0) is 50.0 Å². The van der Waals surface area contributed by atoms with Crippen LogP contribution in [0.5, 0.6) is 0 Å². The van der Waals surface area contributed by atoms with Gasteiger partial charge in [-0.1, -0.05) is 0 Å². The van der Waals surface area contributed by atoms with Crippen LogP contribution >= 0.6 is 23.1 Å². The van der Waals surface area contributed by atoms with Gasteiger partial charge in [-0.2, -0.15) is 11.8 Å². The Labute approximate surface area is 128 Å². The molecular formula is C15H21NO2S2. The van der Waals surface area contributed by atoms with E-state index in [1.54, 1.807) is 11.3 Å². The van der Waals surface area contributed by atoms with E-state index in [1.165, 1.54) is 16.2 Å². The Balaban J connectivity index is 1.73. The molecule has 1 atom stereocenters. The predicted molar refractivity (Wildman–Crippen MR) is 84.6 cm³/mol. The maximum atomic E-state index is 12.6. The van der Waals surface area contributed by atoms with E-state index in [4.69, 9.17) is 0 Å². The molecule has 0 radical (unpaired) electrons. The number of amides is 1. The second-order valence-corrected chi connectivity index (χ2v) is 8.25. The van der Waals surface area contributed by atoms with Crippen molar-refractivity contribution in [3.63, 3.8) is 0 Å². The van der Waals surface area contributed by atoms with Crippen molar-refractivity contribution in [3.8, 4) is 0 Å². The van der Waals surface area contributed by atoms with Crippen LogP contribution in [0.25, 0.3) is 0 Å². The molecule has 20 heavy (non-hydrogen) atoms. The van der Waals surface area contributed by atoms with Gasteiger partial charge in [0.2, 0.25) is 0 Å². The van der Waals surface area contributed by atoms with Gasteiger partial charge in [0.25, 0.3) is 5.91 Å². The summed E-state index contributed by atoms with van der Waals surface area (Å²) in [6, 6.07) is 2.09. The molecule has 1 amide bonds. The summed E-state index contributed by atoms with van der Waals surface area (Å²) in [5.41, 5.74) is 0.747. The third kappa shape index (κ3) is 3.05. The lowest BCUT2D eigenvalue weighted by atomic mass is 9.98. The molecule has 3 heterocycles. The molecule has 5 heteroatoms. The zero-order valence-electron chi connectivity index (χ0n) is 11.9. The molecule has 1 unspecified atom stereocenters. The molecule has 2 aliphatic heterocycles. The van der Waals surface area contributed by atoms with Gasteiger partial charge < -0.3 is 10.0 Å². The Morgan fingerprint density at radius 3 is 3.05 bits per heavy atom. The first kappa shape index (κ1) is 14.4. The highest BCUT2D eigenvalue weighted by Gasteiger charge is 2.28. The van der Waals surface area contributed by atoms with Gasteiger partial charge in [-0.3, -0.25) is 4.79 Å². The number of thioether (sulfide) groups is 1. The molecule has 1 saturated heterocycles. The molecule has 0 aromatic carbocycles. The van der Waals surface area contributed by atoms with Crippen LogP contribution in [0, 0.1) is 0 Å². The van der Waals surface area contributed by atoms with E-state index in [1.807, 2.05) is 23.6 Å². The fraction of sp³-hybridized carbons (Fsp3) is 0.667. The van der Waals surface area contributed by atoms with Crippen molar-refractivity contribution in [1.29, 1.82) is 0 Å². The van der Waals surface area contributed by atoms with Crippen molar-refractivity contribution >= 4 is 29.0 Å². The van der Waals surface area contributed by atoms with E-state index in [2.05, 4.69) is 6.07 Å². The molecule has 1 aromatic rings. The minimum Gasteiger partial charge on any atom is -0.390 e. The SMILES string of the molecule is CC1(O)CCCN(C(=O)c2cc3c(s2)CCSC3)CC1. The Morgan fingerprint density at radius 2 is 2.25 bits per heavy atom. The van der Waals surface area contributed by atoms with E-state index < -0.39 is 5.60 Å². The molecule has 110 valence electrons. The number of fused-ring (bicyclic) bond motifs is 1. The largest absolute Gasteiger partial charge is 0.390 e. The monoisotopic (exact) mass is 311 g/mol. The Morgan fingerprint density at radius 1 is 1.40 bits per heavy atom. The van der Waals surface area contributed by atoms with E-state index in [9.17, 15) is 9.90 Å². The van der Waals surface area contributed by atoms with Crippen LogP contribution in [0.15, 0.2) is 6.07 Å². The third-order valence-electron chi connectivity index (χ3n) is 4.19. The summed E-state index contributed by atoms with van der Waals surface area (Å²) in [5.74, 6) is 2.38. The Hall–Kier alpha value is -0.520. The van der Waals surface area contributed by atoms with Gasteiger partial charge >= 0.3 is 0 Å². The molecule has 0 bridgehead atoms. The predicted octanol–water partition coefficient (Wildman–Crippen LogP) is 2.91. The molecule has 1 fully saturated rings. The van der Waals surface area contributed by atoms with Gasteiger partial charge in [-0.15, -0.1) is 11.3 Å². The number of thiophene rings is 1. The standard InChI is InChI=1S/C15H21NO2S2/c1-15(18)4-2-6-16(7-5-15)14(17)13-9-11-10-19-8-3-12(11)20-13/h9,18H,2-8,10H2,1H3. The maximum absolute atomic E-state index is 12.6. The summed E-state index contributed by atoms with van der Waals surface area (Å²) in [7, 11) is 0. The Bertz CT molecular complexity index is 486. The van der Waals surface area contributed by atoms with Crippen LogP contribution in [0.1, 0.15) is 46.3 Å². The number of rotatable bonds is 1. The topological polar surface area (TPSA) is 40.5 Å². The summed E-state index contributed by atoms with van der Waals surface area (Å²) in [6.45, 7) is 3.32. The lowest BCUT2D eigenvalue weighted by molar-refractivity contribution is 0.0438. The minimum absolute atomic E-state index is 0.159.